The van der Waals surface area contributed by atoms with Gasteiger partial charge in [0.15, 0.2) is 0 Å². The average molecular weight is 196 g/mol. The van der Waals surface area contributed by atoms with Crippen LogP contribution in [0.2, 0.25) is 0 Å². The highest BCUT2D eigenvalue weighted by atomic mass is 32.1. The van der Waals surface area contributed by atoms with E-state index >= 15 is 0 Å². The van der Waals surface area contributed by atoms with Gasteiger partial charge in [0, 0.05) is 30.3 Å². The van der Waals surface area contributed by atoms with Crippen LogP contribution in [0.1, 0.15) is 23.8 Å². The molecule has 0 aromatic carbocycles. The van der Waals surface area contributed by atoms with E-state index in [0.29, 0.717) is 12.8 Å². The lowest BCUT2D eigenvalue weighted by atomic mass is 9.98. The molecule has 4 nitrogen and oxygen atoms in total. The van der Waals surface area contributed by atoms with Crippen LogP contribution < -0.4 is 5.32 Å². The zero-order valence-electron chi connectivity index (χ0n) is 6.82. The van der Waals surface area contributed by atoms with Crippen LogP contribution in [0.3, 0.4) is 0 Å². The monoisotopic (exact) mass is 196 g/mol. The van der Waals surface area contributed by atoms with Crippen LogP contribution >= 0.6 is 11.3 Å². The summed E-state index contributed by atoms with van der Waals surface area (Å²) in [6, 6.07) is 0. The minimum Gasteiger partial charge on any atom is -0.296 e. The summed E-state index contributed by atoms with van der Waals surface area (Å²) in [4.78, 5) is 26.1. The van der Waals surface area contributed by atoms with E-state index < -0.39 is 0 Å². The summed E-state index contributed by atoms with van der Waals surface area (Å²) in [6.07, 6.45) is 2.44. The molecule has 1 aliphatic rings. The first-order valence-electron chi connectivity index (χ1n) is 3.98. The largest absolute Gasteiger partial charge is 0.296 e. The van der Waals surface area contributed by atoms with Gasteiger partial charge in [0.1, 0.15) is 0 Å². The van der Waals surface area contributed by atoms with Gasteiger partial charge in [0.25, 0.3) is 0 Å². The number of hydrogen-bond acceptors (Lipinski definition) is 4. The molecule has 5 heteroatoms. The minimum absolute atomic E-state index is 0.0127. The Morgan fingerprint density at radius 1 is 1.38 bits per heavy atom. The number of rotatable bonds is 1. The van der Waals surface area contributed by atoms with Crippen molar-refractivity contribution in [1.82, 2.24) is 10.3 Å². The van der Waals surface area contributed by atoms with Crippen molar-refractivity contribution in [3.8, 4) is 0 Å². The van der Waals surface area contributed by atoms with Crippen molar-refractivity contribution in [2.75, 3.05) is 0 Å². The van der Waals surface area contributed by atoms with Gasteiger partial charge in [-0.3, -0.25) is 14.9 Å². The fourth-order valence-corrected chi connectivity index (χ4v) is 2.13. The summed E-state index contributed by atoms with van der Waals surface area (Å²) in [5.74, 6) is -0.408. The molecular weight excluding hydrogens is 188 g/mol. The Balaban J connectivity index is 2.16. The van der Waals surface area contributed by atoms with Crippen molar-refractivity contribution >= 4 is 23.2 Å². The first-order chi connectivity index (χ1) is 6.25. The molecule has 1 aromatic heterocycles. The molecule has 2 amide bonds. The Bertz CT molecular complexity index is 318. The first-order valence-corrected chi connectivity index (χ1v) is 4.86. The Hall–Kier alpha value is -1.23. The molecule has 13 heavy (non-hydrogen) atoms. The number of imide groups is 1. The number of amides is 2. The maximum absolute atomic E-state index is 11.0. The molecule has 1 saturated heterocycles. The Morgan fingerprint density at radius 2 is 2.08 bits per heavy atom. The van der Waals surface area contributed by atoms with Crippen molar-refractivity contribution in [1.29, 1.82) is 0 Å². The van der Waals surface area contributed by atoms with E-state index in [0.717, 1.165) is 5.01 Å². The van der Waals surface area contributed by atoms with Crippen LogP contribution in [0.25, 0.3) is 0 Å². The summed E-state index contributed by atoms with van der Waals surface area (Å²) < 4.78 is 0. The zero-order chi connectivity index (χ0) is 9.26. The lowest BCUT2D eigenvalue weighted by molar-refractivity contribution is -0.133. The number of aromatic nitrogens is 1. The van der Waals surface area contributed by atoms with Gasteiger partial charge < -0.3 is 0 Å². The van der Waals surface area contributed by atoms with E-state index in [4.69, 9.17) is 0 Å². The molecule has 0 spiro atoms. The Morgan fingerprint density at radius 3 is 2.62 bits per heavy atom. The standard InChI is InChI=1S/C8H8N2O2S/c11-6-3-5(4-7(12)10-6)8-9-1-2-13-8/h1-2,5H,3-4H2,(H,10,11,12). The van der Waals surface area contributed by atoms with E-state index in [9.17, 15) is 9.59 Å². The van der Waals surface area contributed by atoms with Gasteiger partial charge in [-0.05, 0) is 0 Å². The van der Waals surface area contributed by atoms with Crippen molar-refractivity contribution in [2.45, 2.75) is 18.8 Å². The summed E-state index contributed by atoms with van der Waals surface area (Å²) in [5, 5.41) is 5.00. The summed E-state index contributed by atoms with van der Waals surface area (Å²) in [5.41, 5.74) is 0. The van der Waals surface area contributed by atoms with Crippen LogP contribution in [0.5, 0.6) is 0 Å². The molecule has 2 heterocycles. The van der Waals surface area contributed by atoms with Gasteiger partial charge in [0.2, 0.25) is 11.8 Å². The normalized spacial score (nSPS) is 18.8. The second-order valence-corrected chi connectivity index (χ2v) is 3.87. The third kappa shape index (κ3) is 1.75. The van der Waals surface area contributed by atoms with Gasteiger partial charge in [-0.1, -0.05) is 0 Å². The van der Waals surface area contributed by atoms with Gasteiger partial charge in [-0.25, -0.2) is 4.98 Å². The van der Waals surface area contributed by atoms with Crippen molar-refractivity contribution in [2.24, 2.45) is 0 Å². The lowest BCUT2D eigenvalue weighted by Gasteiger charge is -2.18. The van der Waals surface area contributed by atoms with Crippen LogP contribution in [0.15, 0.2) is 11.6 Å². The van der Waals surface area contributed by atoms with E-state index in [1.54, 1.807) is 6.20 Å². The number of carbonyl (C=O) groups excluding carboxylic acids is 2. The highest BCUT2D eigenvalue weighted by Crippen LogP contribution is 2.27. The maximum atomic E-state index is 11.0. The van der Waals surface area contributed by atoms with Crippen molar-refractivity contribution in [3.05, 3.63) is 16.6 Å². The number of nitrogens with one attached hydrogen (secondary N) is 1. The van der Waals surface area contributed by atoms with Crippen LogP contribution in [0, 0.1) is 0 Å². The maximum Gasteiger partial charge on any atom is 0.227 e. The summed E-state index contributed by atoms with van der Waals surface area (Å²) in [7, 11) is 0. The lowest BCUT2D eigenvalue weighted by Crippen LogP contribution is -2.37. The molecule has 1 aliphatic heterocycles. The summed E-state index contributed by atoms with van der Waals surface area (Å²) >= 11 is 1.49. The highest BCUT2D eigenvalue weighted by molar-refractivity contribution is 7.09. The third-order valence-electron chi connectivity index (χ3n) is 1.94. The number of nitrogens with zero attached hydrogens (tertiary/aromatic N) is 1. The average Bonchev–Trinajstić information content (AvgIpc) is 2.53. The minimum atomic E-state index is -0.198. The molecule has 0 unspecified atom stereocenters. The number of carbonyl (C=O) groups is 2. The molecule has 1 aromatic rings. The molecule has 0 saturated carbocycles. The highest BCUT2D eigenvalue weighted by Gasteiger charge is 2.27. The number of hydrogen-bond donors (Lipinski definition) is 1. The van der Waals surface area contributed by atoms with Crippen molar-refractivity contribution < 1.29 is 9.59 Å². The molecule has 1 N–H and O–H groups in total. The number of piperidine rings is 1. The molecule has 0 atom stereocenters. The van der Waals surface area contributed by atoms with Crippen LogP contribution in [0.4, 0.5) is 0 Å². The molecule has 2 rings (SSSR count). The smallest absolute Gasteiger partial charge is 0.227 e. The topological polar surface area (TPSA) is 59.1 Å². The molecule has 0 aliphatic carbocycles. The molecular formula is C8H8N2O2S. The molecule has 68 valence electrons. The van der Waals surface area contributed by atoms with E-state index in [1.807, 2.05) is 5.38 Å². The fourth-order valence-electron chi connectivity index (χ4n) is 1.39. The Kier molecular flexibility index (Phi) is 2.10. The second-order valence-electron chi connectivity index (χ2n) is 2.95. The second kappa shape index (κ2) is 3.26. The van der Waals surface area contributed by atoms with E-state index in [1.165, 1.54) is 11.3 Å². The van der Waals surface area contributed by atoms with Gasteiger partial charge in [0.05, 0.1) is 5.01 Å². The molecule has 0 bridgehead atoms. The Labute approximate surface area is 79.0 Å². The number of thiazole rings is 1. The van der Waals surface area contributed by atoms with E-state index in [-0.39, 0.29) is 17.7 Å². The summed E-state index contributed by atoms with van der Waals surface area (Å²) in [6.45, 7) is 0. The van der Waals surface area contributed by atoms with Crippen LogP contribution in [-0.4, -0.2) is 16.8 Å². The van der Waals surface area contributed by atoms with Gasteiger partial charge >= 0.3 is 0 Å². The first kappa shape index (κ1) is 8.37. The van der Waals surface area contributed by atoms with Gasteiger partial charge in [-0.2, -0.15) is 0 Å². The van der Waals surface area contributed by atoms with Crippen molar-refractivity contribution in [3.63, 3.8) is 0 Å². The third-order valence-corrected chi connectivity index (χ3v) is 2.88. The predicted molar refractivity (Wildman–Crippen MR) is 47.2 cm³/mol. The fraction of sp³-hybridized carbons (Fsp3) is 0.375. The molecule has 1 fully saturated rings. The van der Waals surface area contributed by atoms with E-state index in [2.05, 4.69) is 10.3 Å². The molecule has 0 radical (unpaired) electrons. The predicted octanol–water partition coefficient (Wildman–Crippen LogP) is 0.663. The zero-order valence-corrected chi connectivity index (χ0v) is 7.63. The quantitative estimate of drug-likeness (QED) is 0.671. The van der Waals surface area contributed by atoms with Crippen LogP contribution in [-0.2, 0) is 9.59 Å². The SMILES string of the molecule is O=C1CC(c2nccs2)CC(=O)N1. The van der Waals surface area contributed by atoms with Gasteiger partial charge in [-0.15, -0.1) is 11.3 Å².